The summed E-state index contributed by atoms with van der Waals surface area (Å²) in [6, 6.07) is 3.07. The summed E-state index contributed by atoms with van der Waals surface area (Å²) in [4.78, 5) is 11.9. The number of urea groups is 1. The zero-order valence-electron chi connectivity index (χ0n) is 11.7. The van der Waals surface area contributed by atoms with E-state index in [-0.39, 0.29) is 23.3 Å². The maximum atomic E-state index is 11.9. The van der Waals surface area contributed by atoms with Crippen LogP contribution in [0.5, 0.6) is 0 Å². The molecule has 0 aliphatic carbocycles. The van der Waals surface area contributed by atoms with Crippen molar-refractivity contribution in [2.75, 3.05) is 5.32 Å². The third-order valence-electron chi connectivity index (χ3n) is 3.19. The second kappa shape index (κ2) is 4.77. The van der Waals surface area contributed by atoms with E-state index < -0.39 is 0 Å². The molecular formula is C13H20N4O2. The first-order chi connectivity index (χ1) is 8.78. The fraction of sp³-hybridized carbons (Fsp3) is 0.615. The van der Waals surface area contributed by atoms with Crippen molar-refractivity contribution in [3.8, 4) is 0 Å². The van der Waals surface area contributed by atoms with Gasteiger partial charge in [-0.1, -0.05) is 0 Å². The number of hydrogen-bond donors (Lipinski definition) is 2. The van der Waals surface area contributed by atoms with Crippen LogP contribution in [0.2, 0.25) is 0 Å². The number of nitrogens with one attached hydrogen (secondary N) is 2. The molecule has 2 rings (SSSR count). The molecule has 0 unspecified atom stereocenters. The minimum Gasteiger partial charge on any atom is -0.367 e. The molecule has 6 heteroatoms. The summed E-state index contributed by atoms with van der Waals surface area (Å²) in [5.74, 6) is 0.427. The molecular weight excluding hydrogens is 244 g/mol. The van der Waals surface area contributed by atoms with Crippen LogP contribution in [0.4, 0.5) is 10.6 Å². The molecule has 1 fully saturated rings. The van der Waals surface area contributed by atoms with Gasteiger partial charge in [-0.3, -0.25) is 5.32 Å². The summed E-state index contributed by atoms with van der Waals surface area (Å²) in [5, 5.41) is 13.1. The van der Waals surface area contributed by atoms with E-state index in [0.717, 1.165) is 6.42 Å². The van der Waals surface area contributed by atoms with Gasteiger partial charge in [0, 0.05) is 6.20 Å². The molecule has 0 saturated carbocycles. The normalized spacial score (nSPS) is 23.9. The Balaban J connectivity index is 1.96. The highest BCUT2D eigenvalue weighted by Gasteiger charge is 2.46. The molecule has 0 aromatic carbocycles. The van der Waals surface area contributed by atoms with Crippen molar-refractivity contribution >= 4 is 11.8 Å². The van der Waals surface area contributed by atoms with Crippen molar-refractivity contribution in [2.45, 2.75) is 51.4 Å². The van der Waals surface area contributed by atoms with Gasteiger partial charge in [0.25, 0.3) is 0 Å². The third-order valence-corrected chi connectivity index (χ3v) is 3.19. The van der Waals surface area contributed by atoms with Crippen LogP contribution in [0.1, 0.15) is 34.1 Å². The molecule has 0 bridgehead atoms. The fourth-order valence-corrected chi connectivity index (χ4v) is 2.47. The molecule has 1 aliphatic heterocycles. The second-order valence-corrected chi connectivity index (χ2v) is 5.93. The van der Waals surface area contributed by atoms with E-state index in [9.17, 15) is 4.79 Å². The highest BCUT2D eigenvalue weighted by atomic mass is 16.5. The monoisotopic (exact) mass is 264 g/mol. The molecule has 2 heterocycles. The van der Waals surface area contributed by atoms with E-state index in [1.54, 1.807) is 18.3 Å². The predicted octanol–water partition coefficient (Wildman–Crippen LogP) is 1.94. The average molecular weight is 264 g/mol. The van der Waals surface area contributed by atoms with E-state index in [4.69, 9.17) is 4.74 Å². The Morgan fingerprint density at radius 3 is 2.68 bits per heavy atom. The number of anilines is 1. The smallest absolute Gasteiger partial charge is 0.320 e. The van der Waals surface area contributed by atoms with Gasteiger partial charge in [-0.05, 0) is 46.2 Å². The van der Waals surface area contributed by atoms with Crippen molar-refractivity contribution < 1.29 is 9.53 Å². The van der Waals surface area contributed by atoms with Crippen LogP contribution in [-0.4, -0.2) is 33.5 Å². The van der Waals surface area contributed by atoms with Crippen LogP contribution in [0.15, 0.2) is 18.3 Å². The molecule has 0 radical (unpaired) electrons. The van der Waals surface area contributed by atoms with E-state index >= 15 is 0 Å². The SMILES string of the molecule is CC1(C)C[C@@H](NC(=O)Nc2cccnn2)C(C)(C)O1. The summed E-state index contributed by atoms with van der Waals surface area (Å²) in [6.45, 7) is 8.01. The summed E-state index contributed by atoms with van der Waals surface area (Å²) in [6.07, 6.45) is 2.33. The van der Waals surface area contributed by atoms with E-state index in [1.807, 2.05) is 27.7 Å². The van der Waals surface area contributed by atoms with Crippen LogP contribution < -0.4 is 10.6 Å². The van der Waals surface area contributed by atoms with Gasteiger partial charge in [-0.15, -0.1) is 5.10 Å². The number of nitrogens with zero attached hydrogens (tertiary/aromatic N) is 2. The molecule has 2 N–H and O–H groups in total. The van der Waals surface area contributed by atoms with Crippen molar-refractivity contribution in [1.82, 2.24) is 15.5 Å². The third kappa shape index (κ3) is 3.41. The van der Waals surface area contributed by atoms with E-state index in [0.29, 0.717) is 5.82 Å². The minimum atomic E-state index is -0.386. The van der Waals surface area contributed by atoms with Gasteiger partial charge < -0.3 is 10.1 Å². The molecule has 19 heavy (non-hydrogen) atoms. The molecule has 1 saturated heterocycles. The highest BCUT2D eigenvalue weighted by Crippen LogP contribution is 2.37. The summed E-state index contributed by atoms with van der Waals surface area (Å²) in [5.41, 5.74) is -0.614. The Kier molecular flexibility index (Phi) is 3.45. The van der Waals surface area contributed by atoms with Crippen molar-refractivity contribution in [3.05, 3.63) is 18.3 Å². The molecule has 2 amide bonds. The van der Waals surface area contributed by atoms with Gasteiger partial charge in [-0.25, -0.2) is 4.79 Å². The second-order valence-electron chi connectivity index (χ2n) is 5.93. The zero-order valence-corrected chi connectivity index (χ0v) is 11.7. The van der Waals surface area contributed by atoms with Gasteiger partial charge in [-0.2, -0.15) is 5.10 Å². The largest absolute Gasteiger partial charge is 0.367 e. The zero-order chi connectivity index (χ0) is 14.1. The predicted molar refractivity (Wildman–Crippen MR) is 71.8 cm³/mol. The van der Waals surface area contributed by atoms with Crippen LogP contribution in [0, 0.1) is 0 Å². The topological polar surface area (TPSA) is 76.1 Å². The Labute approximate surface area is 112 Å². The highest BCUT2D eigenvalue weighted by molar-refractivity contribution is 5.88. The number of carbonyl (C=O) groups is 1. The van der Waals surface area contributed by atoms with E-state index in [1.165, 1.54) is 0 Å². The first kappa shape index (κ1) is 13.7. The lowest BCUT2D eigenvalue weighted by Crippen LogP contribution is -2.47. The molecule has 0 spiro atoms. The maximum absolute atomic E-state index is 11.9. The average Bonchev–Trinajstić information content (AvgIpc) is 2.47. The van der Waals surface area contributed by atoms with Crippen LogP contribution >= 0.6 is 0 Å². The first-order valence-corrected chi connectivity index (χ1v) is 6.34. The lowest BCUT2D eigenvalue weighted by atomic mass is 9.95. The van der Waals surface area contributed by atoms with Gasteiger partial charge in [0.2, 0.25) is 0 Å². The van der Waals surface area contributed by atoms with Crippen LogP contribution in [0.3, 0.4) is 0 Å². The van der Waals surface area contributed by atoms with Crippen LogP contribution in [-0.2, 0) is 4.74 Å². The number of amides is 2. The van der Waals surface area contributed by atoms with Gasteiger partial charge in [0.1, 0.15) is 0 Å². The summed E-state index contributed by atoms with van der Waals surface area (Å²) >= 11 is 0. The maximum Gasteiger partial charge on any atom is 0.320 e. The lowest BCUT2D eigenvalue weighted by molar-refractivity contribution is -0.0689. The first-order valence-electron chi connectivity index (χ1n) is 6.34. The Hall–Kier alpha value is -1.69. The molecule has 6 nitrogen and oxygen atoms in total. The fourth-order valence-electron chi connectivity index (χ4n) is 2.47. The number of aromatic nitrogens is 2. The molecule has 1 atom stereocenters. The van der Waals surface area contributed by atoms with Gasteiger partial charge in [0.15, 0.2) is 5.82 Å². The van der Waals surface area contributed by atoms with Gasteiger partial charge >= 0.3 is 6.03 Å². The number of rotatable bonds is 2. The minimum absolute atomic E-state index is 0.0424. The Bertz CT molecular complexity index is 459. The summed E-state index contributed by atoms with van der Waals surface area (Å²) < 4.78 is 5.93. The molecule has 1 aromatic heterocycles. The number of ether oxygens (including phenoxy) is 1. The Morgan fingerprint density at radius 1 is 1.42 bits per heavy atom. The number of carbonyl (C=O) groups excluding carboxylic acids is 1. The number of hydrogen-bond acceptors (Lipinski definition) is 4. The van der Waals surface area contributed by atoms with Crippen molar-refractivity contribution in [3.63, 3.8) is 0 Å². The van der Waals surface area contributed by atoms with Crippen molar-refractivity contribution in [2.24, 2.45) is 0 Å². The van der Waals surface area contributed by atoms with Crippen LogP contribution in [0.25, 0.3) is 0 Å². The molecule has 1 aliphatic rings. The van der Waals surface area contributed by atoms with Gasteiger partial charge in [0.05, 0.1) is 17.2 Å². The van der Waals surface area contributed by atoms with E-state index in [2.05, 4.69) is 20.8 Å². The van der Waals surface area contributed by atoms with Crippen molar-refractivity contribution in [1.29, 1.82) is 0 Å². The quantitative estimate of drug-likeness (QED) is 0.856. The Morgan fingerprint density at radius 2 is 2.16 bits per heavy atom. The molecule has 104 valence electrons. The summed E-state index contributed by atoms with van der Waals surface area (Å²) in [7, 11) is 0. The molecule has 1 aromatic rings. The standard InChI is InChI=1S/C13H20N4O2/c1-12(2)8-9(13(3,4)19-12)15-11(18)16-10-6-5-7-14-17-10/h5-7,9H,8H2,1-4H3,(H2,15,16,17,18)/t9-/m1/s1. The lowest BCUT2D eigenvalue weighted by Gasteiger charge is -2.27.